The van der Waals surface area contributed by atoms with Crippen molar-refractivity contribution in [2.24, 2.45) is 0 Å². The van der Waals surface area contributed by atoms with Crippen LogP contribution < -0.4 is 5.32 Å². The third-order valence-corrected chi connectivity index (χ3v) is 1.83. The van der Waals surface area contributed by atoms with E-state index < -0.39 is 0 Å². The Morgan fingerprint density at radius 2 is 2.58 bits per heavy atom. The van der Waals surface area contributed by atoms with Gasteiger partial charge in [-0.15, -0.1) is 0 Å². The highest BCUT2D eigenvalue weighted by Gasteiger charge is 2.03. The predicted octanol–water partition coefficient (Wildman–Crippen LogP) is 0.270. The molecule has 0 aliphatic carbocycles. The van der Waals surface area contributed by atoms with Gasteiger partial charge in [0.05, 0.1) is 13.2 Å². The van der Waals surface area contributed by atoms with Crippen LogP contribution in [0, 0.1) is 0 Å². The topological polar surface area (TPSA) is 60.9 Å². The number of aromatic amines is 1. The molecule has 0 saturated carbocycles. The molecule has 0 aromatic carbocycles. The van der Waals surface area contributed by atoms with Crippen LogP contribution in [0.1, 0.15) is 19.2 Å². The summed E-state index contributed by atoms with van der Waals surface area (Å²) in [4.78, 5) is 7.04. The summed E-state index contributed by atoms with van der Waals surface area (Å²) in [5, 5.41) is 12.0. The van der Waals surface area contributed by atoms with Crippen molar-refractivity contribution < 1.29 is 5.11 Å². The molecule has 0 amide bonds. The van der Waals surface area contributed by atoms with E-state index in [4.69, 9.17) is 5.11 Å². The lowest BCUT2D eigenvalue weighted by Crippen LogP contribution is -2.31. The molecule has 1 aromatic heterocycles. The molecule has 1 atom stereocenters. The second-order valence-electron chi connectivity index (χ2n) is 2.70. The van der Waals surface area contributed by atoms with Crippen molar-refractivity contribution in [2.45, 2.75) is 25.9 Å². The van der Waals surface area contributed by atoms with E-state index in [1.807, 2.05) is 6.92 Å². The monoisotopic (exact) mass is 169 g/mol. The number of rotatable bonds is 5. The summed E-state index contributed by atoms with van der Waals surface area (Å²) in [7, 11) is 0. The number of imidazole rings is 1. The van der Waals surface area contributed by atoms with E-state index in [-0.39, 0.29) is 12.6 Å². The fourth-order valence-corrected chi connectivity index (χ4v) is 0.974. The molecule has 0 aliphatic heterocycles. The van der Waals surface area contributed by atoms with Crippen LogP contribution in [0.5, 0.6) is 0 Å². The number of aliphatic hydroxyl groups excluding tert-OH is 1. The zero-order valence-corrected chi connectivity index (χ0v) is 7.25. The van der Waals surface area contributed by atoms with Gasteiger partial charge >= 0.3 is 0 Å². The van der Waals surface area contributed by atoms with Gasteiger partial charge < -0.3 is 15.4 Å². The number of H-pyrrole nitrogens is 1. The maximum atomic E-state index is 8.86. The van der Waals surface area contributed by atoms with E-state index >= 15 is 0 Å². The van der Waals surface area contributed by atoms with Crippen LogP contribution in [0.15, 0.2) is 12.4 Å². The lowest BCUT2D eigenvalue weighted by atomic mass is 10.2. The van der Waals surface area contributed by atoms with Crippen molar-refractivity contribution in [3.63, 3.8) is 0 Å². The molecular weight excluding hydrogens is 154 g/mol. The standard InChI is InChI=1S/C8H15N3O/c1-2-7(6-12)11-5-8-9-3-4-10-8/h3-4,7,11-12H,2,5-6H2,1H3,(H,9,10)/t7-/m1/s1. The van der Waals surface area contributed by atoms with Crippen LogP contribution in [0.25, 0.3) is 0 Å². The van der Waals surface area contributed by atoms with Gasteiger partial charge in [-0.05, 0) is 6.42 Å². The van der Waals surface area contributed by atoms with Crippen LogP contribution in [0.3, 0.4) is 0 Å². The first kappa shape index (κ1) is 9.22. The molecule has 68 valence electrons. The van der Waals surface area contributed by atoms with Gasteiger partial charge in [0.2, 0.25) is 0 Å². The maximum absolute atomic E-state index is 8.86. The van der Waals surface area contributed by atoms with E-state index in [1.54, 1.807) is 12.4 Å². The van der Waals surface area contributed by atoms with E-state index in [0.29, 0.717) is 6.54 Å². The summed E-state index contributed by atoms with van der Waals surface area (Å²) in [6.45, 7) is 2.90. The minimum atomic E-state index is 0.176. The number of nitrogens with zero attached hydrogens (tertiary/aromatic N) is 1. The fraction of sp³-hybridized carbons (Fsp3) is 0.625. The van der Waals surface area contributed by atoms with Crippen LogP contribution in [-0.2, 0) is 6.54 Å². The zero-order chi connectivity index (χ0) is 8.81. The SMILES string of the molecule is CC[C@H](CO)NCc1ncc[nH]1. The quantitative estimate of drug-likeness (QED) is 0.593. The Morgan fingerprint density at radius 1 is 1.75 bits per heavy atom. The predicted molar refractivity (Wildman–Crippen MR) is 46.6 cm³/mol. The summed E-state index contributed by atoms with van der Waals surface area (Å²) < 4.78 is 0. The van der Waals surface area contributed by atoms with Crippen molar-refractivity contribution in [3.05, 3.63) is 18.2 Å². The molecule has 1 aromatic rings. The third kappa shape index (κ3) is 2.64. The summed E-state index contributed by atoms with van der Waals surface area (Å²) in [6, 6.07) is 0.176. The summed E-state index contributed by atoms with van der Waals surface area (Å²) in [5.41, 5.74) is 0. The molecule has 1 rings (SSSR count). The van der Waals surface area contributed by atoms with Gasteiger partial charge in [0, 0.05) is 18.4 Å². The largest absolute Gasteiger partial charge is 0.395 e. The number of hydrogen-bond donors (Lipinski definition) is 3. The van der Waals surface area contributed by atoms with E-state index in [0.717, 1.165) is 12.2 Å². The van der Waals surface area contributed by atoms with Gasteiger partial charge in [-0.2, -0.15) is 0 Å². The first-order valence-corrected chi connectivity index (χ1v) is 4.19. The average Bonchev–Trinajstić information content (AvgIpc) is 2.59. The number of nitrogens with one attached hydrogen (secondary N) is 2. The number of hydrogen-bond acceptors (Lipinski definition) is 3. The molecule has 0 radical (unpaired) electrons. The minimum absolute atomic E-state index is 0.176. The van der Waals surface area contributed by atoms with Crippen molar-refractivity contribution in [1.29, 1.82) is 0 Å². The Morgan fingerprint density at radius 3 is 3.08 bits per heavy atom. The molecule has 0 bridgehead atoms. The molecule has 0 aliphatic rings. The zero-order valence-electron chi connectivity index (χ0n) is 7.25. The van der Waals surface area contributed by atoms with Crippen LogP contribution in [-0.4, -0.2) is 27.7 Å². The fourth-order valence-electron chi connectivity index (χ4n) is 0.974. The lowest BCUT2D eigenvalue weighted by Gasteiger charge is -2.11. The highest BCUT2D eigenvalue weighted by atomic mass is 16.3. The molecule has 3 N–H and O–H groups in total. The Kier molecular flexibility index (Phi) is 3.76. The molecule has 4 heteroatoms. The van der Waals surface area contributed by atoms with Gasteiger partial charge in [-0.25, -0.2) is 4.98 Å². The molecule has 0 spiro atoms. The maximum Gasteiger partial charge on any atom is 0.120 e. The van der Waals surface area contributed by atoms with Gasteiger partial charge in [0.15, 0.2) is 0 Å². The first-order chi connectivity index (χ1) is 5.86. The van der Waals surface area contributed by atoms with E-state index in [9.17, 15) is 0 Å². The normalized spacial score (nSPS) is 13.2. The molecule has 0 saturated heterocycles. The van der Waals surface area contributed by atoms with Crippen molar-refractivity contribution in [3.8, 4) is 0 Å². The van der Waals surface area contributed by atoms with Gasteiger partial charge in [0.25, 0.3) is 0 Å². The number of aliphatic hydroxyl groups is 1. The van der Waals surface area contributed by atoms with Crippen molar-refractivity contribution >= 4 is 0 Å². The highest BCUT2D eigenvalue weighted by Crippen LogP contribution is 1.92. The van der Waals surface area contributed by atoms with Crippen molar-refractivity contribution in [1.82, 2.24) is 15.3 Å². The average molecular weight is 169 g/mol. The number of aromatic nitrogens is 2. The van der Waals surface area contributed by atoms with Crippen molar-refractivity contribution in [2.75, 3.05) is 6.61 Å². The molecule has 1 heterocycles. The minimum Gasteiger partial charge on any atom is -0.395 e. The van der Waals surface area contributed by atoms with Gasteiger partial charge in [-0.1, -0.05) is 6.92 Å². The molecule has 4 nitrogen and oxygen atoms in total. The molecule has 12 heavy (non-hydrogen) atoms. The Bertz CT molecular complexity index is 194. The first-order valence-electron chi connectivity index (χ1n) is 4.19. The summed E-state index contributed by atoms with van der Waals surface area (Å²) in [5.74, 6) is 0.905. The molecular formula is C8H15N3O. The second kappa shape index (κ2) is 4.90. The summed E-state index contributed by atoms with van der Waals surface area (Å²) in [6.07, 6.45) is 4.44. The third-order valence-electron chi connectivity index (χ3n) is 1.83. The van der Waals surface area contributed by atoms with Crippen LogP contribution in [0.4, 0.5) is 0 Å². The van der Waals surface area contributed by atoms with Crippen LogP contribution in [0.2, 0.25) is 0 Å². The Hall–Kier alpha value is -0.870. The lowest BCUT2D eigenvalue weighted by molar-refractivity contribution is 0.237. The van der Waals surface area contributed by atoms with Gasteiger partial charge in [0.1, 0.15) is 5.82 Å². The van der Waals surface area contributed by atoms with Gasteiger partial charge in [-0.3, -0.25) is 0 Å². The second-order valence-corrected chi connectivity index (χ2v) is 2.70. The highest BCUT2D eigenvalue weighted by molar-refractivity contribution is 4.86. The molecule has 0 fully saturated rings. The van der Waals surface area contributed by atoms with E-state index in [2.05, 4.69) is 15.3 Å². The van der Waals surface area contributed by atoms with E-state index in [1.165, 1.54) is 0 Å². The Balaban J connectivity index is 2.25. The Labute approximate surface area is 72.0 Å². The van der Waals surface area contributed by atoms with Crippen LogP contribution >= 0.6 is 0 Å². The smallest absolute Gasteiger partial charge is 0.120 e. The molecule has 0 unspecified atom stereocenters. The summed E-state index contributed by atoms with van der Waals surface area (Å²) >= 11 is 0.